The summed E-state index contributed by atoms with van der Waals surface area (Å²) in [6.45, 7) is 1.27. The Balaban J connectivity index is 2.23. The number of amides is 1. The van der Waals surface area contributed by atoms with Crippen LogP contribution in [0.2, 0.25) is 0 Å². The van der Waals surface area contributed by atoms with E-state index in [1.54, 1.807) is 12.0 Å². The number of aliphatic hydroxyl groups excluding tert-OH is 1. The zero-order valence-corrected chi connectivity index (χ0v) is 8.44. The molecule has 0 radical (unpaired) electrons. The van der Waals surface area contributed by atoms with Gasteiger partial charge in [-0.1, -0.05) is 0 Å². The summed E-state index contributed by atoms with van der Waals surface area (Å²) in [6.07, 6.45) is 1.29. The summed E-state index contributed by atoms with van der Waals surface area (Å²) in [6, 6.07) is -0.0198. The van der Waals surface area contributed by atoms with Crippen molar-refractivity contribution in [2.45, 2.75) is 18.9 Å². The van der Waals surface area contributed by atoms with E-state index in [0.717, 1.165) is 6.42 Å². The van der Waals surface area contributed by atoms with Crippen molar-refractivity contribution < 1.29 is 19.4 Å². The minimum atomic E-state index is -0.0198. The van der Waals surface area contributed by atoms with Crippen LogP contribution in [0.15, 0.2) is 0 Å². The lowest BCUT2D eigenvalue weighted by atomic mass is 10.2. The highest BCUT2D eigenvalue weighted by atomic mass is 16.7. The van der Waals surface area contributed by atoms with Gasteiger partial charge in [0, 0.05) is 20.1 Å². The van der Waals surface area contributed by atoms with Crippen molar-refractivity contribution in [1.29, 1.82) is 0 Å². The molecule has 1 heterocycles. The molecule has 82 valence electrons. The average molecular weight is 203 g/mol. The molecule has 0 aromatic rings. The molecular weight excluding hydrogens is 186 g/mol. The Labute approximate surface area is 83.6 Å². The summed E-state index contributed by atoms with van der Waals surface area (Å²) in [5.41, 5.74) is 0. The molecule has 0 aliphatic carbocycles. The van der Waals surface area contributed by atoms with Crippen LogP contribution in [-0.2, 0) is 14.3 Å². The van der Waals surface area contributed by atoms with Gasteiger partial charge in [0.2, 0.25) is 5.91 Å². The molecule has 1 amide bonds. The predicted molar refractivity (Wildman–Crippen MR) is 49.6 cm³/mol. The smallest absolute Gasteiger partial charge is 0.223 e. The van der Waals surface area contributed by atoms with Gasteiger partial charge in [0.15, 0.2) is 0 Å². The highest BCUT2D eigenvalue weighted by Gasteiger charge is 2.29. The number of likely N-dealkylation sites (tertiary alicyclic amines) is 1. The molecule has 0 aromatic heterocycles. The Hall–Kier alpha value is -0.650. The van der Waals surface area contributed by atoms with Crippen molar-refractivity contribution in [2.75, 3.05) is 33.7 Å². The van der Waals surface area contributed by atoms with Crippen molar-refractivity contribution in [3.8, 4) is 0 Å². The van der Waals surface area contributed by atoms with E-state index in [9.17, 15) is 4.79 Å². The second kappa shape index (κ2) is 5.95. The van der Waals surface area contributed by atoms with Crippen molar-refractivity contribution in [2.24, 2.45) is 0 Å². The second-order valence-electron chi connectivity index (χ2n) is 3.28. The number of carbonyl (C=O) groups excluding carboxylic acids is 1. The van der Waals surface area contributed by atoms with E-state index in [4.69, 9.17) is 14.6 Å². The van der Waals surface area contributed by atoms with E-state index in [0.29, 0.717) is 19.6 Å². The van der Waals surface area contributed by atoms with Gasteiger partial charge in [-0.25, -0.2) is 0 Å². The molecular formula is C9H17NO4. The molecule has 14 heavy (non-hydrogen) atoms. The van der Waals surface area contributed by atoms with Gasteiger partial charge in [-0.05, 0) is 6.42 Å². The summed E-state index contributed by atoms with van der Waals surface area (Å²) < 4.78 is 9.80. The molecule has 1 aliphatic rings. The number of rotatable bonds is 6. The maximum atomic E-state index is 11.3. The van der Waals surface area contributed by atoms with E-state index in [2.05, 4.69) is 0 Å². The third-order valence-corrected chi connectivity index (χ3v) is 2.34. The molecule has 1 rings (SSSR count). The molecule has 0 bridgehead atoms. The number of carbonyl (C=O) groups is 1. The number of methoxy groups -OCH3 is 1. The van der Waals surface area contributed by atoms with Crippen LogP contribution in [0.3, 0.4) is 0 Å². The Morgan fingerprint density at radius 3 is 3.07 bits per heavy atom. The Morgan fingerprint density at radius 1 is 1.64 bits per heavy atom. The van der Waals surface area contributed by atoms with E-state index < -0.39 is 0 Å². The zero-order chi connectivity index (χ0) is 10.4. The largest absolute Gasteiger partial charge is 0.394 e. The van der Waals surface area contributed by atoms with E-state index in [1.807, 2.05) is 0 Å². The van der Waals surface area contributed by atoms with Crippen LogP contribution in [0.1, 0.15) is 12.8 Å². The molecule has 0 saturated carbocycles. The number of nitrogens with zero attached hydrogens (tertiary/aromatic N) is 1. The first-order valence-corrected chi connectivity index (χ1v) is 4.76. The monoisotopic (exact) mass is 203 g/mol. The van der Waals surface area contributed by atoms with Crippen LogP contribution in [0.5, 0.6) is 0 Å². The van der Waals surface area contributed by atoms with Crippen LogP contribution in [-0.4, -0.2) is 55.6 Å². The van der Waals surface area contributed by atoms with Gasteiger partial charge in [0.05, 0.1) is 19.3 Å². The van der Waals surface area contributed by atoms with Gasteiger partial charge >= 0.3 is 0 Å². The number of aliphatic hydroxyl groups is 1. The predicted octanol–water partition coefficient (Wildman–Crippen LogP) is -0.410. The lowest BCUT2D eigenvalue weighted by Gasteiger charge is -2.22. The Kier molecular flexibility index (Phi) is 4.86. The van der Waals surface area contributed by atoms with Crippen LogP contribution in [0.25, 0.3) is 0 Å². The third-order valence-electron chi connectivity index (χ3n) is 2.34. The van der Waals surface area contributed by atoms with Crippen LogP contribution < -0.4 is 0 Å². The normalized spacial score (nSPS) is 22.0. The number of ether oxygens (including phenoxy) is 2. The zero-order valence-electron chi connectivity index (χ0n) is 8.44. The fraction of sp³-hybridized carbons (Fsp3) is 0.889. The Morgan fingerprint density at radius 2 is 2.43 bits per heavy atom. The third kappa shape index (κ3) is 2.94. The molecule has 1 saturated heterocycles. The van der Waals surface area contributed by atoms with Gasteiger partial charge in [0.1, 0.15) is 6.79 Å². The van der Waals surface area contributed by atoms with Crippen molar-refractivity contribution in [1.82, 2.24) is 4.90 Å². The first-order chi connectivity index (χ1) is 6.79. The summed E-state index contributed by atoms with van der Waals surface area (Å²) >= 11 is 0. The topological polar surface area (TPSA) is 59.0 Å². The molecule has 1 N–H and O–H groups in total. The lowest BCUT2D eigenvalue weighted by molar-refractivity contribution is -0.131. The summed E-state index contributed by atoms with van der Waals surface area (Å²) in [5.74, 6) is 0.102. The van der Waals surface area contributed by atoms with Crippen LogP contribution >= 0.6 is 0 Å². The standard InChI is InChI=1S/C9H17NO4/c1-13-7-14-5-4-10-8(6-11)2-3-9(10)12/h8,11H,2-7H2,1H3. The average Bonchev–Trinajstić information content (AvgIpc) is 2.55. The number of hydrogen-bond donors (Lipinski definition) is 1. The van der Waals surface area contributed by atoms with E-state index in [-0.39, 0.29) is 25.3 Å². The van der Waals surface area contributed by atoms with Gasteiger partial charge in [0.25, 0.3) is 0 Å². The molecule has 5 heteroatoms. The van der Waals surface area contributed by atoms with Gasteiger partial charge in [-0.2, -0.15) is 0 Å². The Bertz CT molecular complexity index is 186. The summed E-state index contributed by atoms with van der Waals surface area (Å²) in [5, 5.41) is 9.00. The highest BCUT2D eigenvalue weighted by Crippen LogP contribution is 2.17. The van der Waals surface area contributed by atoms with Crippen molar-refractivity contribution >= 4 is 5.91 Å². The highest BCUT2D eigenvalue weighted by molar-refractivity contribution is 5.78. The molecule has 5 nitrogen and oxygen atoms in total. The molecule has 0 aromatic carbocycles. The summed E-state index contributed by atoms with van der Waals surface area (Å²) in [7, 11) is 1.55. The van der Waals surface area contributed by atoms with E-state index in [1.165, 1.54) is 0 Å². The number of hydrogen-bond acceptors (Lipinski definition) is 4. The quantitative estimate of drug-likeness (QED) is 0.471. The fourth-order valence-electron chi connectivity index (χ4n) is 1.60. The van der Waals surface area contributed by atoms with Crippen molar-refractivity contribution in [3.63, 3.8) is 0 Å². The van der Waals surface area contributed by atoms with E-state index >= 15 is 0 Å². The van der Waals surface area contributed by atoms with Crippen molar-refractivity contribution in [3.05, 3.63) is 0 Å². The van der Waals surface area contributed by atoms with Gasteiger partial charge in [-0.15, -0.1) is 0 Å². The molecule has 1 atom stereocenters. The minimum absolute atomic E-state index is 0.0198. The van der Waals surface area contributed by atoms with Gasteiger partial charge in [-0.3, -0.25) is 4.79 Å². The SMILES string of the molecule is COCOCCN1C(=O)CCC1CO. The van der Waals surface area contributed by atoms with Crippen LogP contribution in [0, 0.1) is 0 Å². The first kappa shape index (κ1) is 11.4. The molecule has 1 aliphatic heterocycles. The maximum absolute atomic E-state index is 11.3. The van der Waals surface area contributed by atoms with Gasteiger partial charge < -0.3 is 19.5 Å². The molecule has 0 spiro atoms. The lowest BCUT2D eigenvalue weighted by Crippen LogP contribution is -2.37. The molecule has 1 unspecified atom stereocenters. The first-order valence-electron chi connectivity index (χ1n) is 4.76. The minimum Gasteiger partial charge on any atom is -0.394 e. The van der Waals surface area contributed by atoms with Crippen LogP contribution in [0.4, 0.5) is 0 Å². The summed E-state index contributed by atoms with van der Waals surface area (Å²) in [4.78, 5) is 13.0. The fourth-order valence-corrected chi connectivity index (χ4v) is 1.60. The maximum Gasteiger partial charge on any atom is 0.223 e. The molecule has 1 fully saturated rings. The second-order valence-corrected chi connectivity index (χ2v) is 3.28.